The highest BCUT2D eigenvalue weighted by atomic mass is 16.6. The first-order valence-corrected chi connectivity index (χ1v) is 9.57. The molecule has 0 radical (unpaired) electrons. The van der Waals surface area contributed by atoms with E-state index < -0.39 is 6.29 Å². The van der Waals surface area contributed by atoms with E-state index in [4.69, 9.17) is 33.2 Å². The zero-order valence-electron chi connectivity index (χ0n) is 16.5. The van der Waals surface area contributed by atoms with Gasteiger partial charge in [0.1, 0.15) is 0 Å². The largest absolute Gasteiger partial charge is 0.379 e. The van der Waals surface area contributed by atoms with Crippen molar-refractivity contribution in [2.24, 2.45) is 0 Å². The molecule has 0 rings (SSSR count). The summed E-state index contributed by atoms with van der Waals surface area (Å²) in [5, 5.41) is 9.67. The van der Waals surface area contributed by atoms with Gasteiger partial charge in [0.25, 0.3) is 0 Å². The Labute approximate surface area is 158 Å². The molecule has 0 aliphatic carbocycles. The summed E-state index contributed by atoms with van der Waals surface area (Å²) in [5.41, 5.74) is 0. The molecular weight excluding hydrogens is 344 g/mol. The first kappa shape index (κ1) is 25.7. The number of hydrogen-bond acceptors (Lipinski definition) is 8. The van der Waals surface area contributed by atoms with Crippen LogP contribution in [-0.4, -0.2) is 97.3 Å². The van der Waals surface area contributed by atoms with E-state index in [2.05, 4.69) is 0 Å². The highest BCUT2D eigenvalue weighted by molar-refractivity contribution is 4.44. The Hall–Kier alpha value is -0.320. The van der Waals surface area contributed by atoms with Crippen LogP contribution in [0.4, 0.5) is 0 Å². The quantitative estimate of drug-likeness (QED) is 0.221. The first-order chi connectivity index (χ1) is 12.8. The summed E-state index contributed by atoms with van der Waals surface area (Å²) < 4.78 is 37.0. The molecule has 0 saturated carbocycles. The Morgan fingerprint density at radius 3 is 1.46 bits per heavy atom. The maximum atomic E-state index is 9.67. The number of aliphatic hydroxyl groups excluding tert-OH is 1. The van der Waals surface area contributed by atoms with Crippen molar-refractivity contribution in [2.45, 2.75) is 33.0 Å². The minimum Gasteiger partial charge on any atom is -0.379 e. The molecule has 8 nitrogen and oxygen atoms in total. The van der Waals surface area contributed by atoms with Crippen LogP contribution in [0.25, 0.3) is 0 Å². The number of hydrogen-bond donors (Lipinski definition) is 1. The fourth-order valence-corrected chi connectivity index (χ4v) is 1.82. The number of ether oxygens (including phenoxy) is 7. The van der Waals surface area contributed by atoms with Gasteiger partial charge in [-0.05, 0) is 20.3 Å². The minimum atomic E-state index is -0.809. The second kappa shape index (κ2) is 22.7. The molecule has 0 aromatic rings. The predicted octanol–water partition coefficient (Wildman–Crippen LogP) is 1.24. The molecule has 0 aromatic heterocycles. The fraction of sp³-hybridized carbons (Fsp3) is 1.00. The SMILES string of the molecule is CCOCCOCCOCCCOC(O)CCOCCOCCOCC. The van der Waals surface area contributed by atoms with E-state index in [1.807, 2.05) is 13.8 Å². The standard InChI is InChI=1S/C18H38O8/c1-3-20-10-12-24-16-14-22-7-5-8-26-18(19)6-9-23-15-17-25-13-11-21-4-2/h18-19H,3-17H2,1-2H3. The van der Waals surface area contributed by atoms with Crippen LogP contribution in [0.3, 0.4) is 0 Å². The van der Waals surface area contributed by atoms with Gasteiger partial charge in [-0.2, -0.15) is 0 Å². The topological polar surface area (TPSA) is 84.8 Å². The molecule has 0 spiro atoms. The van der Waals surface area contributed by atoms with Crippen LogP contribution in [0.5, 0.6) is 0 Å². The van der Waals surface area contributed by atoms with Crippen LogP contribution in [0.2, 0.25) is 0 Å². The second-order valence-corrected chi connectivity index (χ2v) is 5.31. The Morgan fingerprint density at radius 1 is 0.538 bits per heavy atom. The highest BCUT2D eigenvalue weighted by Crippen LogP contribution is 1.97. The van der Waals surface area contributed by atoms with Crippen molar-refractivity contribution in [3.8, 4) is 0 Å². The van der Waals surface area contributed by atoms with Gasteiger partial charge in [0.2, 0.25) is 0 Å². The molecule has 158 valence electrons. The van der Waals surface area contributed by atoms with Crippen LogP contribution in [0.1, 0.15) is 26.7 Å². The molecule has 0 aliphatic rings. The van der Waals surface area contributed by atoms with Gasteiger partial charge in [0, 0.05) is 26.2 Å². The Morgan fingerprint density at radius 2 is 0.962 bits per heavy atom. The highest BCUT2D eigenvalue weighted by Gasteiger charge is 2.03. The summed E-state index contributed by atoms with van der Waals surface area (Å²) in [5.74, 6) is 0. The predicted molar refractivity (Wildman–Crippen MR) is 97.5 cm³/mol. The minimum absolute atomic E-state index is 0.436. The lowest BCUT2D eigenvalue weighted by Crippen LogP contribution is -2.17. The molecule has 1 atom stereocenters. The molecule has 0 aliphatic heterocycles. The van der Waals surface area contributed by atoms with Gasteiger partial charge in [0.15, 0.2) is 6.29 Å². The molecule has 26 heavy (non-hydrogen) atoms. The van der Waals surface area contributed by atoms with Crippen molar-refractivity contribution in [1.29, 1.82) is 0 Å². The average Bonchev–Trinajstić information content (AvgIpc) is 2.64. The van der Waals surface area contributed by atoms with Crippen LogP contribution in [0, 0.1) is 0 Å². The lowest BCUT2D eigenvalue weighted by atomic mass is 10.4. The molecule has 0 saturated heterocycles. The summed E-state index contributed by atoms with van der Waals surface area (Å²) in [6.07, 6.45) is 0.355. The Bertz CT molecular complexity index is 255. The van der Waals surface area contributed by atoms with E-state index in [1.54, 1.807) is 0 Å². The van der Waals surface area contributed by atoms with E-state index in [0.717, 1.165) is 6.42 Å². The van der Waals surface area contributed by atoms with Crippen LogP contribution in [-0.2, 0) is 33.2 Å². The summed E-state index contributed by atoms with van der Waals surface area (Å²) in [6, 6.07) is 0. The second-order valence-electron chi connectivity index (χ2n) is 5.31. The van der Waals surface area contributed by atoms with Crippen molar-refractivity contribution in [2.75, 3.05) is 85.9 Å². The van der Waals surface area contributed by atoms with E-state index in [-0.39, 0.29) is 0 Å². The van der Waals surface area contributed by atoms with Crippen LogP contribution < -0.4 is 0 Å². The molecule has 0 bridgehead atoms. The van der Waals surface area contributed by atoms with Crippen molar-refractivity contribution in [3.05, 3.63) is 0 Å². The van der Waals surface area contributed by atoms with E-state index in [1.165, 1.54) is 0 Å². The zero-order valence-corrected chi connectivity index (χ0v) is 16.5. The summed E-state index contributed by atoms with van der Waals surface area (Å²) >= 11 is 0. The maximum Gasteiger partial charge on any atom is 0.156 e. The van der Waals surface area contributed by atoms with Gasteiger partial charge < -0.3 is 38.3 Å². The number of rotatable bonds is 22. The lowest BCUT2D eigenvalue weighted by Gasteiger charge is -2.12. The van der Waals surface area contributed by atoms with E-state index in [0.29, 0.717) is 92.3 Å². The van der Waals surface area contributed by atoms with Gasteiger partial charge in [-0.25, -0.2) is 0 Å². The van der Waals surface area contributed by atoms with Gasteiger partial charge in [-0.3, -0.25) is 0 Å². The molecule has 0 fully saturated rings. The third kappa shape index (κ3) is 21.7. The maximum absolute atomic E-state index is 9.67. The van der Waals surface area contributed by atoms with Crippen LogP contribution >= 0.6 is 0 Å². The first-order valence-electron chi connectivity index (χ1n) is 9.57. The molecule has 1 unspecified atom stereocenters. The Kier molecular flexibility index (Phi) is 22.4. The van der Waals surface area contributed by atoms with Gasteiger partial charge in [0.05, 0.1) is 66.1 Å². The molecule has 1 N–H and O–H groups in total. The van der Waals surface area contributed by atoms with Crippen molar-refractivity contribution < 1.29 is 38.3 Å². The third-order valence-electron chi connectivity index (χ3n) is 3.15. The summed E-state index contributed by atoms with van der Waals surface area (Å²) in [7, 11) is 0. The van der Waals surface area contributed by atoms with Gasteiger partial charge in [-0.1, -0.05) is 0 Å². The molecular formula is C18H38O8. The lowest BCUT2D eigenvalue weighted by molar-refractivity contribution is -0.117. The van der Waals surface area contributed by atoms with Crippen LogP contribution in [0.15, 0.2) is 0 Å². The number of aliphatic hydroxyl groups is 1. The van der Waals surface area contributed by atoms with E-state index >= 15 is 0 Å². The smallest absolute Gasteiger partial charge is 0.156 e. The monoisotopic (exact) mass is 382 g/mol. The van der Waals surface area contributed by atoms with Crippen molar-refractivity contribution in [3.63, 3.8) is 0 Å². The third-order valence-corrected chi connectivity index (χ3v) is 3.15. The molecule has 8 heteroatoms. The van der Waals surface area contributed by atoms with Crippen molar-refractivity contribution in [1.82, 2.24) is 0 Å². The molecule has 0 amide bonds. The molecule has 0 aromatic carbocycles. The Balaban J connectivity index is 3.12. The summed E-state index contributed by atoms with van der Waals surface area (Å²) in [4.78, 5) is 0. The average molecular weight is 382 g/mol. The zero-order chi connectivity index (χ0) is 19.1. The molecule has 0 heterocycles. The fourth-order valence-electron chi connectivity index (χ4n) is 1.82. The van der Waals surface area contributed by atoms with Gasteiger partial charge >= 0.3 is 0 Å². The summed E-state index contributed by atoms with van der Waals surface area (Å²) in [6.45, 7) is 11.3. The normalized spacial score (nSPS) is 12.6. The van der Waals surface area contributed by atoms with Crippen molar-refractivity contribution >= 4 is 0 Å². The van der Waals surface area contributed by atoms with E-state index in [9.17, 15) is 5.11 Å². The van der Waals surface area contributed by atoms with Gasteiger partial charge in [-0.15, -0.1) is 0 Å².